The number of hydrogen-bond donors (Lipinski definition) is 2. The summed E-state index contributed by atoms with van der Waals surface area (Å²) in [6, 6.07) is 0. The van der Waals surface area contributed by atoms with Crippen molar-refractivity contribution in [3.05, 3.63) is 12.3 Å². The molecule has 1 aliphatic heterocycles. The maximum absolute atomic E-state index is 10.2. The van der Waals surface area contributed by atoms with Crippen molar-refractivity contribution in [1.82, 2.24) is 10.4 Å². The third-order valence-corrected chi connectivity index (χ3v) is 1.45. The van der Waals surface area contributed by atoms with E-state index in [0.717, 1.165) is 6.54 Å². The van der Waals surface area contributed by atoms with Crippen molar-refractivity contribution in [2.75, 3.05) is 12.4 Å². The van der Waals surface area contributed by atoms with Crippen LogP contribution < -0.4 is 5.43 Å². The molecule has 1 heterocycles. The van der Waals surface area contributed by atoms with E-state index in [4.69, 9.17) is 4.55 Å². The van der Waals surface area contributed by atoms with Gasteiger partial charge in [0.25, 0.3) is 0 Å². The van der Waals surface area contributed by atoms with Crippen molar-refractivity contribution >= 4 is 11.1 Å². The van der Waals surface area contributed by atoms with E-state index in [1.54, 1.807) is 11.2 Å². The Labute approximate surface area is 55.8 Å². The minimum atomic E-state index is -1.74. The highest BCUT2D eigenvalue weighted by molar-refractivity contribution is 7.79. The molecule has 2 N–H and O–H groups in total. The molecule has 0 aromatic rings. The average molecular weight is 148 g/mol. The Morgan fingerprint density at radius 2 is 2.67 bits per heavy atom. The smallest absolute Gasteiger partial charge is 0.174 e. The van der Waals surface area contributed by atoms with Gasteiger partial charge in [-0.15, -0.1) is 0 Å². The first-order valence-corrected chi connectivity index (χ1v) is 3.81. The monoisotopic (exact) mass is 148 g/mol. The average Bonchev–Trinajstić information content (AvgIpc) is 2.15. The number of hydrogen-bond acceptors (Lipinski definition) is 3. The molecule has 0 aromatic heterocycles. The summed E-state index contributed by atoms with van der Waals surface area (Å²) in [7, 11) is 0. The number of nitrogens with one attached hydrogen (secondary N) is 1. The molecule has 4 nitrogen and oxygen atoms in total. The summed E-state index contributed by atoms with van der Waals surface area (Å²) in [6.07, 6.45) is 3.63. The summed E-state index contributed by atoms with van der Waals surface area (Å²) in [5, 5.41) is 1.58. The number of nitrogens with zero attached hydrogens (tertiary/aromatic N) is 1. The van der Waals surface area contributed by atoms with Crippen LogP contribution in [0.3, 0.4) is 0 Å². The van der Waals surface area contributed by atoms with Gasteiger partial charge in [0, 0.05) is 12.7 Å². The second-order valence-corrected chi connectivity index (χ2v) is 2.57. The molecule has 1 atom stereocenters. The summed E-state index contributed by atoms with van der Waals surface area (Å²) in [5.41, 5.74) is 2.86. The van der Waals surface area contributed by atoms with Gasteiger partial charge in [0.1, 0.15) is 5.88 Å². The number of hydrazine groups is 1. The summed E-state index contributed by atoms with van der Waals surface area (Å²) in [4.78, 5) is 0. The molecule has 0 aromatic carbocycles. The maximum Gasteiger partial charge on any atom is 0.174 e. The lowest BCUT2D eigenvalue weighted by Crippen LogP contribution is -2.31. The van der Waals surface area contributed by atoms with Gasteiger partial charge in [-0.25, -0.2) is 9.63 Å². The van der Waals surface area contributed by atoms with Crippen molar-refractivity contribution < 1.29 is 8.76 Å². The predicted octanol–water partition coefficient (Wildman–Crippen LogP) is -0.500. The largest absolute Gasteiger partial charge is 0.305 e. The van der Waals surface area contributed by atoms with Gasteiger partial charge < -0.3 is 9.56 Å². The normalized spacial score (nSPS) is 20.8. The molecule has 52 valence electrons. The Hall–Kier alpha value is -0.390. The summed E-state index contributed by atoms with van der Waals surface area (Å²) >= 11 is -1.74. The maximum atomic E-state index is 10.2. The van der Waals surface area contributed by atoms with Gasteiger partial charge in [0.2, 0.25) is 0 Å². The third-order valence-electron chi connectivity index (χ3n) is 0.947. The predicted molar refractivity (Wildman–Crippen MR) is 34.6 cm³/mol. The highest BCUT2D eigenvalue weighted by atomic mass is 32.2. The van der Waals surface area contributed by atoms with Crippen LogP contribution in [0.2, 0.25) is 0 Å². The van der Waals surface area contributed by atoms with Crippen LogP contribution in [-0.2, 0) is 11.1 Å². The fourth-order valence-corrected chi connectivity index (χ4v) is 1.03. The van der Waals surface area contributed by atoms with Crippen LogP contribution in [0, 0.1) is 0 Å². The van der Waals surface area contributed by atoms with Crippen LogP contribution >= 0.6 is 0 Å². The van der Waals surface area contributed by atoms with Crippen molar-refractivity contribution in [1.29, 1.82) is 0 Å². The molecule has 0 spiro atoms. The molecule has 0 amide bonds. The summed E-state index contributed by atoms with van der Waals surface area (Å²) in [6.45, 7) is 0.747. The zero-order chi connectivity index (χ0) is 6.69. The summed E-state index contributed by atoms with van der Waals surface area (Å²) in [5.74, 6) is 0.135. The lowest BCUT2D eigenvalue weighted by Gasteiger charge is -2.11. The van der Waals surface area contributed by atoms with Crippen molar-refractivity contribution in [2.45, 2.75) is 0 Å². The van der Waals surface area contributed by atoms with Crippen molar-refractivity contribution in [2.24, 2.45) is 0 Å². The first kappa shape index (κ1) is 6.73. The van der Waals surface area contributed by atoms with Gasteiger partial charge in [-0.2, -0.15) is 0 Å². The Balaban J connectivity index is 2.28. The second kappa shape index (κ2) is 2.95. The molecule has 0 aliphatic carbocycles. The topological polar surface area (TPSA) is 52.6 Å². The van der Waals surface area contributed by atoms with Crippen LogP contribution in [0.25, 0.3) is 0 Å². The van der Waals surface area contributed by atoms with E-state index in [2.05, 4.69) is 5.43 Å². The molecule has 5 heteroatoms. The van der Waals surface area contributed by atoms with Crippen molar-refractivity contribution in [3.8, 4) is 0 Å². The molecule has 0 bridgehead atoms. The van der Waals surface area contributed by atoms with Crippen LogP contribution in [0.15, 0.2) is 12.3 Å². The molecule has 1 rings (SSSR count). The van der Waals surface area contributed by atoms with Gasteiger partial charge in [0.15, 0.2) is 11.1 Å². The molecule has 1 aliphatic rings. The Morgan fingerprint density at radius 3 is 3.11 bits per heavy atom. The Morgan fingerprint density at radius 1 is 1.89 bits per heavy atom. The van der Waals surface area contributed by atoms with E-state index < -0.39 is 11.1 Å². The minimum absolute atomic E-state index is 0.135. The molecule has 0 saturated carbocycles. The molecule has 1 unspecified atom stereocenters. The quantitative estimate of drug-likeness (QED) is 0.518. The van der Waals surface area contributed by atoms with Gasteiger partial charge >= 0.3 is 0 Å². The van der Waals surface area contributed by atoms with Gasteiger partial charge in [0.05, 0.1) is 0 Å². The molecule has 0 radical (unpaired) electrons. The lowest BCUT2D eigenvalue weighted by atomic mass is 10.7. The van der Waals surface area contributed by atoms with Crippen LogP contribution in [-0.4, -0.2) is 26.2 Å². The molecular formula is C4H8N2O2S. The fourth-order valence-electron chi connectivity index (χ4n) is 0.610. The van der Waals surface area contributed by atoms with Gasteiger partial charge in [-0.3, -0.25) is 0 Å². The van der Waals surface area contributed by atoms with E-state index >= 15 is 0 Å². The Kier molecular flexibility index (Phi) is 2.21. The number of rotatable bonds is 2. The Bertz CT molecular complexity index is 148. The van der Waals surface area contributed by atoms with E-state index in [9.17, 15) is 4.21 Å². The molecule has 9 heavy (non-hydrogen) atoms. The second-order valence-electron chi connectivity index (χ2n) is 1.67. The van der Waals surface area contributed by atoms with Crippen LogP contribution in [0.5, 0.6) is 0 Å². The van der Waals surface area contributed by atoms with E-state index in [1.807, 2.05) is 6.08 Å². The van der Waals surface area contributed by atoms with E-state index in [0.29, 0.717) is 0 Å². The van der Waals surface area contributed by atoms with E-state index in [-0.39, 0.29) is 5.88 Å². The molecular weight excluding hydrogens is 140 g/mol. The van der Waals surface area contributed by atoms with Crippen LogP contribution in [0.4, 0.5) is 0 Å². The van der Waals surface area contributed by atoms with E-state index in [1.165, 1.54) is 0 Å². The highest BCUT2D eigenvalue weighted by Gasteiger charge is 2.04. The highest BCUT2D eigenvalue weighted by Crippen LogP contribution is 1.92. The fraction of sp³-hybridized carbons (Fsp3) is 0.500. The third kappa shape index (κ3) is 2.13. The zero-order valence-electron chi connectivity index (χ0n) is 4.78. The SMILES string of the molecule is O=S(O)CN1C=CCN1. The first-order chi connectivity index (χ1) is 4.29. The minimum Gasteiger partial charge on any atom is -0.305 e. The molecule has 0 saturated heterocycles. The van der Waals surface area contributed by atoms with Gasteiger partial charge in [-0.1, -0.05) is 6.08 Å². The van der Waals surface area contributed by atoms with Crippen LogP contribution in [0.1, 0.15) is 0 Å². The first-order valence-electron chi connectivity index (χ1n) is 2.53. The van der Waals surface area contributed by atoms with Gasteiger partial charge in [-0.05, 0) is 0 Å². The summed E-state index contributed by atoms with van der Waals surface area (Å²) < 4.78 is 18.5. The molecule has 0 fully saturated rings. The standard InChI is InChI=1S/C4H8N2O2S/c7-9(8)4-6-3-1-2-5-6/h1,3,5H,2,4H2,(H,7,8). The zero-order valence-corrected chi connectivity index (χ0v) is 5.60. The van der Waals surface area contributed by atoms with Crippen molar-refractivity contribution in [3.63, 3.8) is 0 Å². The lowest BCUT2D eigenvalue weighted by molar-refractivity contribution is 0.347.